The molecule has 0 radical (unpaired) electrons. The highest BCUT2D eigenvalue weighted by Crippen LogP contribution is 2.40. The Morgan fingerprint density at radius 1 is 1.21 bits per heavy atom. The van der Waals surface area contributed by atoms with Crippen molar-refractivity contribution in [3.8, 4) is 0 Å². The highest BCUT2D eigenvalue weighted by atomic mass is 16.6. The monoisotopic (exact) mass is 391 g/mol. The number of hydrogen-bond acceptors (Lipinski definition) is 5. The minimum atomic E-state index is -0.562. The number of amides is 1. The van der Waals surface area contributed by atoms with Crippen molar-refractivity contribution in [2.45, 2.75) is 25.2 Å². The lowest BCUT2D eigenvalue weighted by molar-refractivity contribution is -0.418. The minimum absolute atomic E-state index is 0.00329. The van der Waals surface area contributed by atoms with Crippen LogP contribution < -0.4 is 0 Å². The van der Waals surface area contributed by atoms with Gasteiger partial charge < -0.3 is 9.32 Å². The molecule has 0 N–H and O–H groups in total. The molecule has 1 aromatic heterocycles. The van der Waals surface area contributed by atoms with Crippen LogP contribution in [0.4, 0.5) is 0 Å². The van der Waals surface area contributed by atoms with Gasteiger partial charge in [-0.3, -0.25) is 19.8 Å². The fourth-order valence-electron chi connectivity index (χ4n) is 3.99. The number of benzene rings is 1. The van der Waals surface area contributed by atoms with E-state index < -0.39 is 4.92 Å². The predicted molar refractivity (Wildman–Crippen MR) is 107 cm³/mol. The van der Waals surface area contributed by atoms with Gasteiger partial charge in [0, 0.05) is 19.2 Å². The summed E-state index contributed by atoms with van der Waals surface area (Å²) in [5.74, 6) is 0.690. The number of nitrogens with zero attached hydrogens (tertiary/aromatic N) is 3. The van der Waals surface area contributed by atoms with Crippen LogP contribution in [-0.2, 0) is 17.8 Å². The molecule has 3 heterocycles. The van der Waals surface area contributed by atoms with Gasteiger partial charge in [-0.1, -0.05) is 36.9 Å². The molecule has 7 nitrogen and oxygen atoms in total. The van der Waals surface area contributed by atoms with Crippen molar-refractivity contribution in [1.29, 1.82) is 0 Å². The molecule has 148 valence electrons. The van der Waals surface area contributed by atoms with Crippen molar-refractivity contribution in [3.63, 3.8) is 0 Å². The topological polar surface area (TPSA) is 79.8 Å². The SMILES string of the molecule is C=C(/C=C\C(=C)[N+](=O)[O-])CN1C(=O)C2Cc3ccccc3CN2C1c1ccco1. The molecule has 2 aliphatic heterocycles. The van der Waals surface area contributed by atoms with Gasteiger partial charge in [-0.25, -0.2) is 0 Å². The molecule has 1 aromatic carbocycles. The van der Waals surface area contributed by atoms with Crippen LogP contribution in [0.15, 0.2) is 83.7 Å². The highest BCUT2D eigenvalue weighted by Gasteiger charge is 2.49. The van der Waals surface area contributed by atoms with Crippen LogP contribution in [0.3, 0.4) is 0 Å². The molecule has 0 spiro atoms. The van der Waals surface area contributed by atoms with Crippen LogP contribution in [0, 0.1) is 10.1 Å². The Morgan fingerprint density at radius 3 is 2.66 bits per heavy atom. The second-order valence-electron chi connectivity index (χ2n) is 7.26. The number of nitro groups is 1. The van der Waals surface area contributed by atoms with Crippen LogP contribution >= 0.6 is 0 Å². The molecule has 4 rings (SSSR count). The molecule has 2 aliphatic rings. The van der Waals surface area contributed by atoms with E-state index in [0.717, 1.165) is 0 Å². The minimum Gasteiger partial charge on any atom is -0.466 e. The number of carbonyl (C=O) groups excluding carboxylic acids is 1. The van der Waals surface area contributed by atoms with E-state index in [2.05, 4.69) is 30.2 Å². The van der Waals surface area contributed by atoms with Gasteiger partial charge in [-0.05, 0) is 41.8 Å². The van der Waals surface area contributed by atoms with E-state index in [-0.39, 0.29) is 30.4 Å². The Morgan fingerprint density at radius 2 is 1.97 bits per heavy atom. The largest absolute Gasteiger partial charge is 0.466 e. The number of furan rings is 1. The molecule has 2 aromatic rings. The van der Waals surface area contributed by atoms with Crippen molar-refractivity contribution in [3.05, 3.63) is 106 Å². The zero-order valence-corrected chi connectivity index (χ0v) is 15.9. The zero-order valence-electron chi connectivity index (χ0n) is 15.9. The van der Waals surface area contributed by atoms with E-state index in [9.17, 15) is 14.9 Å². The van der Waals surface area contributed by atoms with Gasteiger partial charge in [0.2, 0.25) is 5.91 Å². The average molecular weight is 391 g/mol. The number of rotatable bonds is 6. The molecule has 0 saturated carbocycles. The molecule has 2 atom stereocenters. The van der Waals surface area contributed by atoms with Gasteiger partial charge in [0.25, 0.3) is 5.70 Å². The van der Waals surface area contributed by atoms with Crippen molar-refractivity contribution >= 4 is 5.91 Å². The highest BCUT2D eigenvalue weighted by molar-refractivity contribution is 5.85. The van der Waals surface area contributed by atoms with Crippen molar-refractivity contribution in [1.82, 2.24) is 9.80 Å². The van der Waals surface area contributed by atoms with E-state index >= 15 is 0 Å². The molecule has 29 heavy (non-hydrogen) atoms. The summed E-state index contributed by atoms with van der Waals surface area (Å²) in [4.78, 5) is 27.3. The Labute approximate surface area is 168 Å². The first-order valence-corrected chi connectivity index (χ1v) is 9.31. The van der Waals surface area contributed by atoms with Crippen LogP contribution in [0.2, 0.25) is 0 Å². The summed E-state index contributed by atoms with van der Waals surface area (Å²) in [6.45, 7) is 8.24. The summed E-state index contributed by atoms with van der Waals surface area (Å²) in [6.07, 6.45) is 4.72. The summed E-state index contributed by atoms with van der Waals surface area (Å²) >= 11 is 0. The number of carbonyl (C=O) groups is 1. The molecule has 7 heteroatoms. The molecule has 1 amide bonds. The zero-order chi connectivity index (χ0) is 20.5. The molecule has 0 bridgehead atoms. The van der Waals surface area contributed by atoms with Gasteiger partial charge in [0.1, 0.15) is 11.9 Å². The van der Waals surface area contributed by atoms with Gasteiger partial charge in [-0.15, -0.1) is 0 Å². The Hall–Kier alpha value is -3.45. The van der Waals surface area contributed by atoms with E-state index in [0.29, 0.717) is 24.3 Å². The van der Waals surface area contributed by atoms with Crippen molar-refractivity contribution in [2.24, 2.45) is 0 Å². The second kappa shape index (κ2) is 7.52. The van der Waals surface area contributed by atoms with Crippen LogP contribution in [0.25, 0.3) is 0 Å². The first kappa shape index (κ1) is 18.9. The smallest absolute Gasteiger partial charge is 0.262 e. The summed E-state index contributed by atoms with van der Waals surface area (Å²) in [5.41, 5.74) is 2.74. The van der Waals surface area contributed by atoms with E-state index in [4.69, 9.17) is 4.42 Å². The first-order valence-electron chi connectivity index (χ1n) is 9.31. The fraction of sp³-hybridized carbons (Fsp3) is 0.227. The van der Waals surface area contributed by atoms with Crippen LogP contribution in [-0.4, -0.2) is 33.2 Å². The maximum absolute atomic E-state index is 13.3. The third kappa shape index (κ3) is 3.52. The van der Waals surface area contributed by atoms with Crippen LogP contribution in [0.5, 0.6) is 0 Å². The van der Waals surface area contributed by atoms with Gasteiger partial charge in [-0.2, -0.15) is 0 Å². The maximum Gasteiger partial charge on any atom is 0.262 e. The Bertz CT molecular complexity index is 1010. The Balaban J connectivity index is 1.62. The third-order valence-corrected chi connectivity index (χ3v) is 5.38. The fourth-order valence-corrected chi connectivity index (χ4v) is 3.99. The molecular formula is C22H21N3O4. The molecule has 1 fully saturated rings. The third-order valence-electron chi connectivity index (χ3n) is 5.38. The van der Waals surface area contributed by atoms with Crippen molar-refractivity contribution < 1.29 is 14.1 Å². The number of fused-ring (bicyclic) bond motifs is 2. The maximum atomic E-state index is 13.3. The number of hydrogen-bond donors (Lipinski definition) is 0. The Kier molecular flexibility index (Phi) is 4.90. The predicted octanol–water partition coefficient (Wildman–Crippen LogP) is 3.45. The average Bonchev–Trinajstić information content (AvgIpc) is 3.32. The summed E-state index contributed by atoms with van der Waals surface area (Å²) in [6, 6.07) is 11.5. The lowest BCUT2D eigenvalue weighted by atomic mass is 9.94. The van der Waals surface area contributed by atoms with Gasteiger partial charge >= 0.3 is 0 Å². The standard InChI is InChI=1S/C22H21N3O4/c1-15(9-10-16(2)25(27)28)13-24-21(20-8-5-11-29-20)23-14-18-7-4-3-6-17(18)12-19(23)22(24)26/h3-11,19,21H,1-2,12-14H2/b10-9-. The lowest BCUT2D eigenvalue weighted by Crippen LogP contribution is -2.39. The van der Waals surface area contributed by atoms with E-state index in [1.807, 2.05) is 18.2 Å². The molecule has 0 aliphatic carbocycles. The quantitative estimate of drug-likeness (QED) is 0.428. The van der Waals surface area contributed by atoms with Gasteiger partial charge in [0.15, 0.2) is 0 Å². The lowest BCUT2D eigenvalue weighted by Gasteiger charge is -2.33. The van der Waals surface area contributed by atoms with Crippen LogP contribution in [0.1, 0.15) is 23.1 Å². The normalized spacial score (nSPS) is 21.2. The summed E-state index contributed by atoms with van der Waals surface area (Å²) in [7, 11) is 0. The summed E-state index contributed by atoms with van der Waals surface area (Å²) in [5, 5.41) is 10.7. The van der Waals surface area contributed by atoms with E-state index in [1.165, 1.54) is 23.3 Å². The molecule has 1 saturated heterocycles. The van der Waals surface area contributed by atoms with Crippen molar-refractivity contribution in [2.75, 3.05) is 6.54 Å². The summed E-state index contributed by atoms with van der Waals surface area (Å²) < 4.78 is 5.66. The number of allylic oxidation sites excluding steroid dienone is 1. The van der Waals surface area contributed by atoms with E-state index in [1.54, 1.807) is 17.2 Å². The molecule has 2 unspecified atom stereocenters. The first-order chi connectivity index (χ1) is 14.0. The van der Waals surface area contributed by atoms with Gasteiger partial charge in [0.05, 0.1) is 17.2 Å². The molecular weight excluding hydrogens is 370 g/mol. The second-order valence-corrected chi connectivity index (χ2v) is 7.26.